The van der Waals surface area contributed by atoms with Crippen LogP contribution in [-0.2, 0) is 30.0 Å². The molecule has 10 nitrogen and oxygen atoms in total. The fraction of sp³-hybridized carbons (Fsp3) is 0.393. The van der Waals surface area contributed by atoms with Crippen LogP contribution in [0.25, 0.3) is 22.4 Å². The quantitative estimate of drug-likeness (QED) is 0.258. The van der Waals surface area contributed by atoms with Crippen LogP contribution in [0.5, 0.6) is 5.75 Å². The number of ether oxygens (including phenoxy) is 1. The number of H-pyrrole nitrogens is 1. The minimum absolute atomic E-state index is 0.0398. The lowest BCUT2D eigenvalue weighted by Gasteiger charge is -2.23. The van der Waals surface area contributed by atoms with Crippen LogP contribution in [0.2, 0.25) is 0 Å². The van der Waals surface area contributed by atoms with Crippen LogP contribution in [0.1, 0.15) is 44.4 Å². The Kier molecular flexibility index (Phi) is 9.16. The number of benzene rings is 2. The molecule has 208 valence electrons. The molecule has 39 heavy (non-hydrogen) atoms. The van der Waals surface area contributed by atoms with Gasteiger partial charge in [-0.2, -0.15) is 9.40 Å². The van der Waals surface area contributed by atoms with Gasteiger partial charge in [0.1, 0.15) is 17.1 Å². The number of nitrogens with one attached hydrogen (secondary N) is 1. The van der Waals surface area contributed by atoms with Gasteiger partial charge < -0.3 is 14.8 Å². The van der Waals surface area contributed by atoms with E-state index < -0.39 is 10.0 Å². The molecule has 2 aromatic carbocycles. The first-order valence-electron chi connectivity index (χ1n) is 13.2. The molecule has 0 saturated heterocycles. The lowest BCUT2D eigenvalue weighted by molar-refractivity contribution is 0.267. The number of aromatic amines is 1. The Morgan fingerprint density at radius 1 is 1.10 bits per heavy atom. The molecule has 2 N–H and O–H groups in total. The lowest BCUT2D eigenvalue weighted by atomic mass is 10.1. The zero-order chi connectivity index (χ0) is 28.0. The number of aliphatic hydroxyl groups excluding tert-OH is 1. The van der Waals surface area contributed by atoms with Crippen molar-refractivity contribution >= 4 is 21.1 Å². The average Bonchev–Trinajstić information content (AvgIpc) is 3.25. The minimum Gasteiger partial charge on any atom is -0.493 e. The molecule has 0 atom stereocenters. The fourth-order valence-electron chi connectivity index (χ4n) is 4.44. The molecule has 11 heteroatoms. The maximum absolute atomic E-state index is 13.9. The highest BCUT2D eigenvalue weighted by atomic mass is 32.2. The highest BCUT2D eigenvalue weighted by Crippen LogP contribution is 2.32. The predicted octanol–water partition coefficient (Wildman–Crippen LogP) is 3.64. The molecule has 0 amide bonds. The van der Waals surface area contributed by atoms with Crippen LogP contribution in [0.3, 0.4) is 0 Å². The number of aromatic nitrogens is 4. The van der Waals surface area contributed by atoms with Crippen LogP contribution in [-0.4, -0.2) is 57.3 Å². The summed E-state index contributed by atoms with van der Waals surface area (Å²) in [4.78, 5) is 20.7. The number of nitrogens with zero attached hydrogens (tertiary/aromatic N) is 4. The third-order valence-corrected chi connectivity index (χ3v) is 8.16. The second-order valence-corrected chi connectivity index (χ2v) is 11.3. The average molecular weight is 554 g/mol. The summed E-state index contributed by atoms with van der Waals surface area (Å²) >= 11 is 0. The molecule has 4 rings (SSSR count). The van der Waals surface area contributed by atoms with Gasteiger partial charge in [0.05, 0.1) is 22.8 Å². The van der Waals surface area contributed by atoms with Crippen LogP contribution in [0.4, 0.5) is 0 Å². The standard InChI is InChI=1S/C28H35N5O5S/c1-4-10-23-25-26(32(3)31-23)28(35)30-27(29-25)22-18-21(13-14-24(22)38-17-5-2)39(36,37)33(15-9-16-34)19-20-11-7-6-8-12-20/h6-8,11-14,18,34H,4-5,9-10,15-17,19H2,1-3H3,(H,29,30,35). The van der Waals surface area contributed by atoms with E-state index in [4.69, 9.17) is 9.72 Å². The Labute approximate surface area is 228 Å². The van der Waals surface area contributed by atoms with Gasteiger partial charge >= 0.3 is 0 Å². The number of aliphatic hydroxyl groups is 1. The van der Waals surface area contributed by atoms with Gasteiger partial charge in [0.25, 0.3) is 5.56 Å². The topological polar surface area (TPSA) is 130 Å². The largest absolute Gasteiger partial charge is 0.493 e. The number of fused-ring (bicyclic) bond motifs is 1. The van der Waals surface area contributed by atoms with Gasteiger partial charge in [0, 0.05) is 26.7 Å². The van der Waals surface area contributed by atoms with Crippen molar-refractivity contribution in [1.82, 2.24) is 24.1 Å². The molecule has 2 aromatic heterocycles. The molecule has 0 aliphatic carbocycles. The Morgan fingerprint density at radius 2 is 1.87 bits per heavy atom. The number of rotatable bonds is 13. The summed E-state index contributed by atoms with van der Waals surface area (Å²) < 4.78 is 36.6. The third-order valence-electron chi connectivity index (χ3n) is 6.32. The van der Waals surface area contributed by atoms with Crippen molar-refractivity contribution < 1.29 is 18.3 Å². The highest BCUT2D eigenvalue weighted by molar-refractivity contribution is 7.89. The van der Waals surface area contributed by atoms with Crippen molar-refractivity contribution in [3.63, 3.8) is 0 Å². The van der Waals surface area contributed by atoms with E-state index in [-0.39, 0.29) is 36.0 Å². The SMILES string of the molecule is CCCOc1ccc(S(=O)(=O)N(CCCO)Cc2ccccc2)cc1-c1nc2c(CCC)nn(C)c2c(=O)[nH]1. The maximum atomic E-state index is 13.9. The molecule has 0 aliphatic heterocycles. The summed E-state index contributed by atoms with van der Waals surface area (Å²) in [6.45, 7) is 4.58. The van der Waals surface area contributed by atoms with Gasteiger partial charge in [-0.15, -0.1) is 0 Å². The molecule has 0 bridgehead atoms. The zero-order valence-electron chi connectivity index (χ0n) is 22.6. The van der Waals surface area contributed by atoms with Gasteiger partial charge in [-0.05, 0) is 43.0 Å². The van der Waals surface area contributed by atoms with Crippen molar-refractivity contribution in [3.8, 4) is 17.1 Å². The highest BCUT2D eigenvalue weighted by Gasteiger charge is 2.27. The lowest BCUT2D eigenvalue weighted by Crippen LogP contribution is -2.32. The van der Waals surface area contributed by atoms with E-state index in [2.05, 4.69) is 10.1 Å². The van der Waals surface area contributed by atoms with E-state index in [0.717, 1.165) is 18.4 Å². The molecule has 0 fully saturated rings. The Hall–Kier alpha value is -3.54. The number of sulfonamides is 1. The van der Waals surface area contributed by atoms with Crippen molar-refractivity contribution in [2.24, 2.45) is 7.05 Å². The number of aryl methyl sites for hydroxylation is 2. The van der Waals surface area contributed by atoms with E-state index in [9.17, 15) is 18.3 Å². The molecule has 4 aromatic rings. The normalized spacial score (nSPS) is 11.9. The van der Waals surface area contributed by atoms with E-state index in [1.165, 1.54) is 21.1 Å². The van der Waals surface area contributed by atoms with E-state index in [1.807, 2.05) is 44.2 Å². The number of hydrogen-bond acceptors (Lipinski definition) is 7. The minimum atomic E-state index is -3.97. The summed E-state index contributed by atoms with van der Waals surface area (Å²) in [5.41, 5.74) is 2.40. The fourth-order valence-corrected chi connectivity index (χ4v) is 5.93. The first kappa shape index (κ1) is 28.5. The second-order valence-electron chi connectivity index (χ2n) is 9.34. The first-order valence-corrected chi connectivity index (χ1v) is 14.6. The summed E-state index contributed by atoms with van der Waals surface area (Å²) in [6, 6.07) is 13.9. The smallest absolute Gasteiger partial charge is 0.277 e. The van der Waals surface area contributed by atoms with Crippen molar-refractivity contribution in [2.45, 2.75) is 51.0 Å². The predicted molar refractivity (Wildman–Crippen MR) is 150 cm³/mol. The van der Waals surface area contributed by atoms with Gasteiger partial charge in [0.2, 0.25) is 10.0 Å². The van der Waals surface area contributed by atoms with Gasteiger partial charge in [-0.25, -0.2) is 13.4 Å². The molecule has 0 aliphatic rings. The summed E-state index contributed by atoms with van der Waals surface area (Å²) in [7, 11) is -2.27. The van der Waals surface area contributed by atoms with Crippen molar-refractivity contribution in [2.75, 3.05) is 19.8 Å². The summed E-state index contributed by atoms with van der Waals surface area (Å²) in [6.07, 6.45) is 2.53. The second kappa shape index (κ2) is 12.5. The molecule has 0 saturated carbocycles. The van der Waals surface area contributed by atoms with Gasteiger partial charge in [-0.1, -0.05) is 50.6 Å². The van der Waals surface area contributed by atoms with E-state index in [1.54, 1.807) is 13.1 Å². The van der Waals surface area contributed by atoms with E-state index in [0.29, 0.717) is 47.5 Å². The van der Waals surface area contributed by atoms with Gasteiger partial charge in [0.15, 0.2) is 5.52 Å². The maximum Gasteiger partial charge on any atom is 0.277 e. The summed E-state index contributed by atoms with van der Waals surface area (Å²) in [5, 5.41) is 13.9. The molecule has 0 radical (unpaired) electrons. The molecular formula is C28H35N5O5S. The summed E-state index contributed by atoms with van der Waals surface area (Å²) in [5.74, 6) is 0.634. The Bertz CT molecular complexity index is 1580. The van der Waals surface area contributed by atoms with Crippen LogP contribution in [0, 0.1) is 0 Å². The van der Waals surface area contributed by atoms with Crippen molar-refractivity contribution in [3.05, 3.63) is 70.1 Å². The Balaban J connectivity index is 1.84. The van der Waals surface area contributed by atoms with Crippen LogP contribution < -0.4 is 10.3 Å². The van der Waals surface area contributed by atoms with E-state index >= 15 is 0 Å². The van der Waals surface area contributed by atoms with Crippen molar-refractivity contribution in [1.29, 1.82) is 0 Å². The molecular weight excluding hydrogens is 518 g/mol. The zero-order valence-corrected chi connectivity index (χ0v) is 23.4. The number of hydrogen-bond donors (Lipinski definition) is 2. The monoisotopic (exact) mass is 553 g/mol. The molecule has 0 spiro atoms. The Morgan fingerprint density at radius 3 is 2.56 bits per heavy atom. The molecule has 2 heterocycles. The van der Waals surface area contributed by atoms with Crippen LogP contribution >= 0.6 is 0 Å². The van der Waals surface area contributed by atoms with Gasteiger partial charge in [-0.3, -0.25) is 9.48 Å². The third kappa shape index (κ3) is 6.21. The van der Waals surface area contributed by atoms with Crippen LogP contribution in [0.15, 0.2) is 58.2 Å². The molecule has 0 unspecified atom stereocenters. The first-order chi connectivity index (χ1) is 18.8.